The largest absolute Gasteiger partial charge is 0.341 e. The molecule has 1 aromatic rings. The van der Waals surface area contributed by atoms with Gasteiger partial charge in [-0.2, -0.15) is 0 Å². The molecular weight excluding hydrogens is 182 g/mol. The molecule has 0 atom stereocenters. The molecule has 1 aromatic heterocycles. The fraction of sp³-hybridized carbons (Fsp3) is 0.750. The van der Waals surface area contributed by atoms with Crippen molar-refractivity contribution in [3.05, 3.63) is 6.33 Å². The van der Waals surface area contributed by atoms with E-state index in [0.717, 1.165) is 25.9 Å². The number of carbonyl (C=O) groups excluding carboxylic acids is 1. The van der Waals surface area contributed by atoms with Gasteiger partial charge in [0.15, 0.2) is 0 Å². The molecule has 76 valence electrons. The van der Waals surface area contributed by atoms with Gasteiger partial charge in [-0.25, -0.2) is 4.68 Å². The zero-order valence-corrected chi connectivity index (χ0v) is 7.96. The smallest absolute Gasteiger partial charge is 0.244 e. The van der Waals surface area contributed by atoms with Crippen molar-refractivity contribution in [1.29, 1.82) is 0 Å². The predicted octanol–water partition coefficient (Wildman–Crippen LogP) is -0.314. The molecule has 1 aliphatic heterocycles. The van der Waals surface area contributed by atoms with Gasteiger partial charge in [-0.15, -0.1) is 5.10 Å². The quantitative estimate of drug-likeness (QED) is 0.649. The summed E-state index contributed by atoms with van der Waals surface area (Å²) in [5.41, 5.74) is 0. The maximum Gasteiger partial charge on any atom is 0.244 e. The Bertz CT molecular complexity index is 291. The van der Waals surface area contributed by atoms with E-state index >= 15 is 0 Å². The van der Waals surface area contributed by atoms with Gasteiger partial charge >= 0.3 is 0 Å². The van der Waals surface area contributed by atoms with Crippen LogP contribution in [-0.4, -0.2) is 44.1 Å². The number of hydrogen-bond acceptors (Lipinski definition) is 4. The molecule has 1 fully saturated rings. The fourth-order valence-electron chi connectivity index (χ4n) is 1.63. The first-order chi connectivity index (χ1) is 6.86. The second-order valence-electron chi connectivity index (χ2n) is 3.45. The van der Waals surface area contributed by atoms with Crippen molar-refractivity contribution in [3.8, 4) is 0 Å². The molecule has 6 nitrogen and oxygen atoms in total. The molecule has 2 rings (SSSR count). The van der Waals surface area contributed by atoms with Crippen LogP contribution in [0.5, 0.6) is 0 Å². The Morgan fingerprint density at radius 2 is 2.07 bits per heavy atom. The number of carbonyl (C=O) groups is 1. The van der Waals surface area contributed by atoms with E-state index in [4.69, 9.17) is 0 Å². The van der Waals surface area contributed by atoms with E-state index in [1.54, 1.807) is 0 Å². The fourth-order valence-corrected chi connectivity index (χ4v) is 1.63. The van der Waals surface area contributed by atoms with Crippen LogP contribution in [0.3, 0.4) is 0 Å². The maximum atomic E-state index is 11.7. The monoisotopic (exact) mass is 195 g/mol. The molecule has 2 heterocycles. The highest BCUT2D eigenvalue weighted by atomic mass is 16.2. The summed E-state index contributed by atoms with van der Waals surface area (Å²) in [6, 6.07) is 0. The Labute approximate surface area is 81.9 Å². The number of nitrogens with zero attached hydrogens (tertiary/aromatic N) is 5. The van der Waals surface area contributed by atoms with Crippen LogP contribution in [0.1, 0.15) is 19.3 Å². The lowest BCUT2D eigenvalue weighted by Crippen LogP contribution is -2.37. The van der Waals surface area contributed by atoms with Crippen molar-refractivity contribution >= 4 is 5.91 Å². The number of rotatable bonds is 2. The minimum absolute atomic E-state index is 0.108. The average molecular weight is 195 g/mol. The van der Waals surface area contributed by atoms with Crippen LogP contribution in [0, 0.1) is 0 Å². The van der Waals surface area contributed by atoms with E-state index in [1.165, 1.54) is 17.4 Å². The van der Waals surface area contributed by atoms with Gasteiger partial charge in [0.1, 0.15) is 12.9 Å². The van der Waals surface area contributed by atoms with Gasteiger partial charge in [0.05, 0.1) is 0 Å². The number of piperidine rings is 1. The third kappa shape index (κ3) is 2.07. The van der Waals surface area contributed by atoms with E-state index < -0.39 is 0 Å². The van der Waals surface area contributed by atoms with Gasteiger partial charge in [0.2, 0.25) is 5.91 Å². The summed E-state index contributed by atoms with van der Waals surface area (Å²) in [6.45, 7) is 2.01. The van der Waals surface area contributed by atoms with Crippen LogP contribution in [-0.2, 0) is 11.3 Å². The highest BCUT2D eigenvalue weighted by Gasteiger charge is 2.16. The van der Waals surface area contributed by atoms with E-state index in [-0.39, 0.29) is 12.5 Å². The number of tetrazole rings is 1. The maximum absolute atomic E-state index is 11.7. The molecule has 1 saturated heterocycles. The van der Waals surface area contributed by atoms with Crippen molar-refractivity contribution in [2.24, 2.45) is 0 Å². The Kier molecular flexibility index (Phi) is 2.71. The van der Waals surface area contributed by atoms with Crippen molar-refractivity contribution in [1.82, 2.24) is 25.1 Å². The summed E-state index contributed by atoms with van der Waals surface area (Å²) in [5.74, 6) is 0.108. The highest BCUT2D eigenvalue weighted by Crippen LogP contribution is 2.08. The van der Waals surface area contributed by atoms with Gasteiger partial charge in [-0.1, -0.05) is 0 Å². The molecule has 0 aromatic carbocycles. The summed E-state index contributed by atoms with van der Waals surface area (Å²) in [6.07, 6.45) is 4.92. The lowest BCUT2D eigenvalue weighted by molar-refractivity contribution is -0.132. The summed E-state index contributed by atoms with van der Waals surface area (Å²) < 4.78 is 1.46. The standard InChI is InChI=1S/C8H13N5O/c14-8(6-13-7-9-10-11-13)12-4-2-1-3-5-12/h7H,1-6H2. The molecular formula is C8H13N5O. The van der Waals surface area contributed by atoms with Crippen molar-refractivity contribution < 1.29 is 4.79 Å². The Morgan fingerprint density at radius 3 is 2.71 bits per heavy atom. The minimum atomic E-state index is 0.108. The summed E-state index contributed by atoms with van der Waals surface area (Å²) >= 11 is 0. The molecule has 0 aliphatic carbocycles. The zero-order valence-electron chi connectivity index (χ0n) is 7.96. The van der Waals surface area contributed by atoms with Gasteiger partial charge in [0.25, 0.3) is 0 Å². The second-order valence-corrected chi connectivity index (χ2v) is 3.45. The minimum Gasteiger partial charge on any atom is -0.341 e. The van der Waals surface area contributed by atoms with Crippen LogP contribution in [0.15, 0.2) is 6.33 Å². The molecule has 0 unspecified atom stereocenters. The van der Waals surface area contributed by atoms with Crippen LogP contribution >= 0.6 is 0 Å². The third-order valence-electron chi connectivity index (χ3n) is 2.40. The molecule has 14 heavy (non-hydrogen) atoms. The van der Waals surface area contributed by atoms with Gasteiger partial charge in [-0.3, -0.25) is 4.79 Å². The van der Waals surface area contributed by atoms with Gasteiger partial charge < -0.3 is 4.90 Å². The lowest BCUT2D eigenvalue weighted by atomic mass is 10.1. The van der Waals surface area contributed by atoms with Gasteiger partial charge in [-0.05, 0) is 29.7 Å². The second kappa shape index (κ2) is 4.17. The van der Waals surface area contributed by atoms with Crippen molar-refractivity contribution in [2.75, 3.05) is 13.1 Å². The molecule has 0 N–H and O–H groups in total. The molecule has 1 aliphatic rings. The molecule has 0 bridgehead atoms. The number of amides is 1. The van der Waals surface area contributed by atoms with E-state index in [2.05, 4.69) is 15.5 Å². The van der Waals surface area contributed by atoms with Crippen LogP contribution < -0.4 is 0 Å². The number of hydrogen-bond donors (Lipinski definition) is 0. The molecule has 0 radical (unpaired) electrons. The van der Waals surface area contributed by atoms with E-state index in [0.29, 0.717) is 0 Å². The highest BCUT2D eigenvalue weighted by molar-refractivity contribution is 5.75. The predicted molar refractivity (Wildman–Crippen MR) is 48.2 cm³/mol. The molecule has 0 spiro atoms. The summed E-state index contributed by atoms with van der Waals surface area (Å²) in [5, 5.41) is 10.6. The Balaban J connectivity index is 1.88. The SMILES string of the molecule is O=C(Cn1cnnn1)N1CCCCC1. The first kappa shape index (κ1) is 9.11. The number of likely N-dealkylation sites (tertiary alicyclic amines) is 1. The van der Waals surface area contributed by atoms with Crippen LogP contribution in [0.4, 0.5) is 0 Å². The molecule has 6 heteroatoms. The summed E-state index contributed by atoms with van der Waals surface area (Å²) in [7, 11) is 0. The zero-order chi connectivity index (χ0) is 9.80. The average Bonchev–Trinajstić information content (AvgIpc) is 2.72. The molecule has 1 amide bonds. The van der Waals surface area contributed by atoms with Crippen LogP contribution in [0.25, 0.3) is 0 Å². The first-order valence-corrected chi connectivity index (χ1v) is 4.85. The first-order valence-electron chi connectivity index (χ1n) is 4.85. The Morgan fingerprint density at radius 1 is 1.29 bits per heavy atom. The van der Waals surface area contributed by atoms with E-state index in [9.17, 15) is 4.79 Å². The topological polar surface area (TPSA) is 63.9 Å². The van der Waals surface area contributed by atoms with E-state index in [1.807, 2.05) is 4.90 Å². The molecule has 0 saturated carbocycles. The van der Waals surface area contributed by atoms with Gasteiger partial charge in [0, 0.05) is 13.1 Å². The van der Waals surface area contributed by atoms with Crippen molar-refractivity contribution in [3.63, 3.8) is 0 Å². The summed E-state index contributed by atoms with van der Waals surface area (Å²) in [4.78, 5) is 13.6. The third-order valence-corrected chi connectivity index (χ3v) is 2.40. The lowest BCUT2D eigenvalue weighted by Gasteiger charge is -2.26. The number of aromatic nitrogens is 4. The normalized spacial score (nSPS) is 17.0. The Hall–Kier alpha value is -1.46. The van der Waals surface area contributed by atoms with Crippen LogP contribution in [0.2, 0.25) is 0 Å². The van der Waals surface area contributed by atoms with Crippen molar-refractivity contribution in [2.45, 2.75) is 25.8 Å².